The van der Waals surface area contributed by atoms with Gasteiger partial charge in [-0.25, -0.2) is 4.98 Å². The first-order valence-corrected chi connectivity index (χ1v) is 7.48. The van der Waals surface area contributed by atoms with E-state index in [-0.39, 0.29) is 6.04 Å². The lowest BCUT2D eigenvalue weighted by atomic mass is 10.2. The molecule has 2 aromatic rings. The second kappa shape index (κ2) is 5.45. The molecule has 0 amide bonds. The van der Waals surface area contributed by atoms with Gasteiger partial charge in [-0.15, -0.1) is 11.3 Å². The predicted octanol–water partition coefficient (Wildman–Crippen LogP) is 2.66. The summed E-state index contributed by atoms with van der Waals surface area (Å²) in [7, 11) is 0. The first-order chi connectivity index (χ1) is 9.24. The van der Waals surface area contributed by atoms with Gasteiger partial charge in [-0.3, -0.25) is 4.90 Å². The van der Waals surface area contributed by atoms with Gasteiger partial charge in [-0.1, -0.05) is 0 Å². The van der Waals surface area contributed by atoms with E-state index in [9.17, 15) is 0 Å². The number of H-pyrrole nitrogens is 1. The smallest absolute Gasteiger partial charge is 0.126 e. The van der Waals surface area contributed by atoms with Gasteiger partial charge in [-0.05, 0) is 30.9 Å². The Morgan fingerprint density at radius 2 is 2.42 bits per heavy atom. The summed E-state index contributed by atoms with van der Waals surface area (Å²) in [5, 5.41) is 2.16. The van der Waals surface area contributed by atoms with Crippen LogP contribution in [0.4, 0.5) is 0 Å². The number of aromatic amines is 1. The molecule has 3 rings (SSSR count). The first kappa shape index (κ1) is 12.8. The number of thiophene rings is 1. The average Bonchev–Trinajstić information content (AvgIpc) is 3.00. The quantitative estimate of drug-likeness (QED) is 0.937. The molecule has 1 saturated heterocycles. The van der Waals surface area contributed by atoms with Gasteiger partial charge in [0.15, 0.2) is 0 Å². The molecular weight excluding hydrogens is 258 g/mol. The van der Waals surface area contributed by atoms with E-state index in [4.69, 9.17) is 4.74 Å². The summed E-state index contributed by atoms with van der Waals surface area (Å²) in [6.07, 6.45) is 1.89. The van der Waals surface area contributed by atoms with Crippen LogP contribution in [0.15, 0.2) is 17.6 Å². The zero-order chi connectivity index (χ0) is 13.2. The van der Waals surface area contributed by atoms with E-state index in [2.05, 4.69) is 33.2 Å². The third-order valence-corrected chi connectivity index (χ3v) is 4.60. The summed E-state index contributed by atoms with van der Waals surface area (Å²) >= 11 is 1.83. The Morgan fingerprint density at radius 1 is 1.53 bits per heavy atom. The van der Waals surface area contributed by atoms with Crippen LogP contribution in [0.3, 0.4) is 0 Å². The molecule has 5 heteroatoms. The Balaban J connectivity index is 1.79. The lowest BCUT2D eigenvalue weighted by Crippen LogP contribution is -2.39. The SMILES string of the molecule is Cc1cnc([C@@H]2COCCN2Cc2sccc2C)[nH]1. The largest absolute Gasteiger partial charge is 0.378 e. The third kappa shape index (κ3) is 2.73. The molecule has 0 spiro atoms. The minimum Gasteiger partial charge on any atom is -0.378 e. The Hall–Kier alpha value is -1.17. The molecule has 19 heavy (non-hydrogen) atoms. The van der Waals surface area contributed by atoms with Crippen LogP contribution in [0.2, 0.25) is 0 Å². The molecule has 3 heterocycles. The van der Waals surface area contributed by atoms with E-state index in [1.165, 1.54) is 10.4 Å². The molecule has 102 valence electrons. The Bertz CT molecular complexity index is 548. The van der Waals surface area contributed by atoms with Crippen molar-refractivity contribution in [2.75, 3.05) is 19.8 Å². The van der Waals surface area contributed by atoms with Crippen LogP contribution < -0.4 is 0 Å². The fourth-order valence-corrected chi connectivity index (χ4v) is 3.36. The lowest BCUT2D eigenvalue weighted by Gasteiger charge is -2.34. The fraction of sp³-hybridized carbons (Fsp3) is 0.500. The summed E-state index contributed by atoms with van der Waals surface area (Å²) in [4.78, 5) is 11.7. The molecule has 1 aliphatic rings. The second-order valence-electron chi connectivity index (χ2n) is 5.04. The monoisotopic (exact) mass is 277 g/mol. The first-order valence-electron chi connectivity index (χ1n) is 6.60. The molecule has 0 bridgehead atoms. The van der Waals surface area contributed by atoms with Gasteiger partial charge < -0.3 is 9.72 Å². The fourth-order valence-electron chi connectivity index (χ4n) is 2.43. The summed E-state index contributed by atoms with van der Waals surface area (Å²) in [6.45, 7) is 7.68. The molecule has 2 aromatic heterocycles. The maximum atomic E-state index is 5.63. The van der Waals surface area contributed by atoms with E-state index < -0.39 is 0 Å². The maximum Gasteiger partial charge on any atom is 0.126 e. The number of nitrogens with zero attached hydrogens (tertiary/aromatic N) is 2. The summed E-state index contributed by atoms with van der Waals surface area (Å²) in [6, 6.07) is 2.43. The van der Waals surface area contributed by atoms with Crippen LogP contribution in [-0.2, 0) is 11.3 Å². The number of hydrogen-bond acceptors (Lipinski definition) is 4. The number of rotatable bonds is 3. The van der Waals surface area contributed by atoms with Crippen molar-refractivity contribution in [1.82, 2.24) is 14.9 Å². The van der Waals surface area contributed by atoms with Gasteiger partial charge in [0.05, 0.1) is 19.3 Å². The summed E-state index contributed by atoms with van der Waals surface area (Å²) in [5.74, 6) is 1.02. The molecule has 0 saturated carbocycles. The van der Waals surface area contributed by atoms with Crippen molar-refractivity contribution in [2.45, 2.75) is 26.4 Å². The molecule has 0 aliphatic carbocycles. The lowest BCUT2D eigenvalue weighted by molar-refractivity contribution is -0.0152. The van der Waals surface area contributed by atoms with Crippen molar-refractivity contribution in [1.29, 1.82) is 0 Å². The number of ether oxygens (including phenoxy) is 1. The van der Waals surface area contributed by atoms with Crippen LogP contribution in [0.25, 0.3) is 0 Å². The molecule has 0 unspecified atom stereocenters. The minimum atomic E-state index is 0.240. The van der Waals surface area contributed by atoms with E-state index in [0.29, 0.717) is 0 Å². The van der Waals surface area contributed by atoms with E-state index >= 15 is 0 Å². The summed E-state index contributed by atoms with van der Waals surface area (Å²) < 4.78 is 5.63. The van der Waals surface area contributed by atoms with E-state index in [1.54, 1.807) is 0 Å². The van der Waals surface area contributed by atoms with Crippen LogP contribution in [0.1, 0.15) is 28.0 Å². The molecule has 1 fully saturated rings. The van der Waals surface area contributed by atoms with E-state index in [1.807, 2.05) is 24.5 Å². The Labute approximate surface area is 117 Å². The Morgan fingerprint density at radius 3 is 3.11 bits per heavy atom. The predicted molar refractivity (Wildman–Crippen MR) is 76.4 cm³/mol. The molecule has 1 aliphatic heterocycles. The van der Waals surface area contributed by atoms with Crippen LogP contribution in [0, 0.1) is 13.8 Å². The highest BCUT2D eigenvalue weighted by Crippen LogP contribution is 2.26. The standard InChI is InChI=1S/C14H19N3OS/c1-10-3-6-19-13(10)8-17-4-5-18-9-12(17)14-15-7-11(2)16-14/h3,6-7,12H,4-5,8-9H2,1-2H3,(H,15,16)/t12-/m0/s1. The van der Waals surface area contributed by atoms with E-state index in [0.717, 1.165) is 37.8 Å². The van der Waals surface area contributed by atoms with Gasteiger partial charge >= 0.3 is 0 Å². The Kier molecular flexibility index (Phi) is 3.68. The number of hydrogen-bond donors (Lipinski definition) is 1. The maximum absolute atomic E-state index is 5.63. The van der Waals surface area contributed by atoms with Crippen molar-refractivity contribution >= 4 is 11.3 Å². The molecule has 1 atom stereocenters. The van der Waals surface area contributed by atoms with Gasteiger partial charge in [-0.2, -0.15) is 0 Å². The number of imidazole rings is 1. The topological polar surface area (TPSA) is 41.1 Å². The normalized spacial score (nSPS) is 20.8. The zero-order valence-electron chi connectivity index (χ0n) is 11.3. The highest BCUT2D eigenvalue weighted by Gasteiger charge is 2.27. The number of nitrogens with one attached hydrogen (secondary N) is 1. The number of morpholine rings is 1. The van der Waals surface area contributed by atoms with Gasteiger partial charge in [0.2, 0.25) is 0 Å². The molecule has 0 radical (unpaired) electrons. The highest BCUT2D eigenvalue weighted by molar-refractivity contribution is 7.10. The van der Waals surface area contributed by atoms with Crippen molar-refractivity contribution in [3.05, 3.63) is 39.6 Å². The molecule has 0 aromatic carbocycles. The van der Waals surface area contributed by atoms with Crippen LogP contribution in [-0.4, -0.2) is 34.6 Å². The van der Waals surface area contributed by atoms with Crippen molar-refractivity contribution in [2.24, 2.45) is 0 Å². The second-order valence-corrected chi connectivity index (χ2v) is 6.04. The number of aryl methyl sites for hydroxylation is 2. The third-order valence-electron chi connectivity index (χ3n) is 3.59. The van der Waals surface area contributed by atoms with Crippen LogP contribution >= 0.6 is 11.3 Å². The summed E-state index contributed by atoms with van der Waals surface area (Å²) in [5.41, 5.74) is 2.48. The van der Waals surface area contributed by atoms with Gasteiger partial charge in [0.1, 0.15) is 5.82 Å². The zero-order valence-corrected chi connectivity index (χ0v) is 12.2. The van der Waals surface area contributed by atoms with Crippen molar-refractivity contribution in [3.8, 4) is 0 Å². The molecule has 4 nitrogen and oxygen atoms in total. The van der Waals surface area contributed by atoms with Crippen molar-refractivity contribution < 1.29 is 4.74 Å². The van der Waals surface area contributed by atoms with Crippen LogP contribution in [0.5, 0.6) is 0 Å². The minimum absolute atomic E-state index is 0.240. The van der Waals surface area contributed by atoms with Gasteiger partial charge in [0.25, 0.3) is 0 Å². The van der Waals surface area contributed by atoms with Crippen molar-refractivity contribution in [3.63, 3.8) is 0 Å². The molecule has 1 N–H and O–H groups in total. The van der Waals surface area contributed by atoms with Gasteiger partial charge in [0, 0.05) is 29.9 Å². The average molecular weight is 277 g/mol. The number of aromatic nitrogens is 2. The highest BCUT2D eigenvalue weighted by atomic mass is 32.1. The molecular formula is C14H19N3OS.